The third-order valence-electron chi connectivity index (χ3n) is 5.08. The van der Waals surface area contributed by atoms with Crippen LogP contribution in [0.25, 0.3) is 11.3 Å². The topological polar surface area (TPSA) is 67.2 Å². The van der Waals surface area contributed by atoms with E-state index in [1.807, 2.05) is 19.9 Å². The van der Waals surface area contributed by atoms with Crippen molar-refractivity contribution in [1.82, 2.24) is 9.78 Å². The van der Waals surface area contributed by atoms with E-state index >= 15 is 0 Å². The molecule has 140 valence electrons. The van der Waals surface area contributed by atoms with E-state index in [0.717, 1.165) is 18.7 Å². The summed E-state index contributed by atoms with van der Waals surface area (Å²) in [5, 5.41) is 18.0. The van der Waals surface area contributed by atoms with Gasteiger partial charge in [-0.05, 0) is 43.5 Å². The highest BCUT2D eigenvalue weighted by atomic mass is 16.3. The highest BCUT2D eigenvalue weighted by Gasteiger charge is 2.23. The second-order valence-corrected chi connectivity index (χ2v) is 7.53. The fourth-order valence-corrected chi connectivity index (χ4v) is 3.61. The summed E-state index contributed by atoms with van der Waals surface area (Å²) in [5.41, 5.74) is 3.40. The van der Waals surface area contributed by atoms with Crippen molar-refractivity contribution < 1.29 is 9.90 Å². The van der Waals surface area contributed by atoms with Crippen molar-refractivity contribution in [2.45, 2.75) is 65.3 Å². The smallest absolute Gasteiger partial charge is 0.226 e. The SMILES string of the molecule is CCCn1nc(-c2cc(NC(=O)C(C)C)ccc2O)cc1C1CCCC1. The normalized spacial score (nSPS) is 14.9. The largest absolute Gasteiger partial charge is 0.507 e. The highest BCUT2D eigenvalue weighted by molar-refractivity contribution is 5.93. The summed E-state index contributed by atoms with van der Waals surface area (Å²) in [5.74, 6) is 0.621. The summed E-state index contributed by atoms with van der Waals surface area (Å²) in [4.78, 5) is 12.0. The van der Waals surface area contributed by atoms with Crippen LogP contribution in [0.2, 0.25) is 0 Å². The number of aromatic hydroxyl groups is 1. The number of aromatic nitrogens is 2. The quantitative estimate of drug-likeness (QED) is 0.723. The molecule has 0 saturated heterocycles. The van der Waals surface area contributed by atoms with Crippen molar-refractivity contribution in [2.24, 2.45) is 5.92 Å². The summed E-state index contributed by atoms with van der Waals surface area (Å²) < 4.78 is 2.10. The second-order valence-electron chi connectivity index (χ2n) is 7.53. The molecule has 1 saturated carbocycles. The first kappa shape index (κ1) is 18.5. The van der Waals surface area contributed by atoms with Gasteiger partial charge in [0.2, 0.25) is 5.91 Å². The maximum absolute atomic E-state index is 12.0. The molecule has 0 atom stereocenters. The van der Waals surface area contributed by atoms with Crippen LogP contribution in [0.5, 0.6) is 5.75 Å². The van der Waals surface area contributed by atoms with Gasteiger partial charge in [0.1, 0.15) is 5.75 Å². The number of carbonyl (C=O) groups is 1. The van der Waals surface area contributed by atoms with Crippen LogP contribution in [0.4, 0.5) is 5.69 Å². The lowest BCUT2D eigenvalue weighted by molar-refractivity contribution is -0.118. The van der Waals surface area contributed by atoms with Crippen LogP contribution in [0.3, 0.4) is 0 Å². The van der Waals surface area contributed by atoms with Gasteiger partial charge in [0.15, 0.2) is 0 Å². The standard InChI is InChI=1S/C21H29N3O2/c1-4-11-24-19(15-7-5-6-8-15)13-18(23-24)17-12-16(9-10-20(17)25)22-21(26)14(2)3/h9-10,12-15,25H,4-8,11H2,1-3H3,(H,22,26). The molecule has 0 spiro atoms. The number of anilines is 1. The van der Waals surface area contributed by atoms with E-state index < -0.39 is 0 Å². The Morgan fingerprint density at radius 1 is 1.31 bits per heavy atom. The molecule has 3 rings (SSSR count). The van der Waals surface area contributed by atoms with Gasteiger partial charge >= 0.3 is 0 Å². The Morgan fingerprint density at radius 2 is 2.04 bits per heavy atom. The minimum Gasteiger partial charge on any atom is -0.507 e. The van der Waals surface area contributed by atoms with E-state index in [0.29, 0.717) is 17.2 Å². The molecule has 0 radical (unpaired) electrons. The Labute approximate surface area is 155 Å². The number of hydrogen-bond donors (Lipinski definition) is 2. The molecular formula is C21H29N3O2. The number of hydrogen-bond acceptors (Lipinski definition) is 3. The number of carbonyl (C=O) groups excluding carboxylic acids is 1. The monoisotopic (exact) mass is 355 g/mol. The fraction of sp³-hybridized carbons (Fsp3) is 0.524. The molecule has 1 heterocycles. The lowest BCUT2D eigenvalue weighted by atomic mass is 10.0. The molecular weight excluding hydrogens is 326 g/mol. The zero-order valence-corrected chi connectivity index (χ0v) is 16.0. The average Bonchev–Trinajstić information content (AvgIpc) is 3.26. The Morgan fingerprint density at radius 3 is 2.69 bits per heavy atom. The number of nitrogens with one attached hydrogen (secondary N) is 1. The lowest BCUT2D eigenvalue weighted by Gasteiger charge is -2.11. The number of aryl methyl sites for hydroxylation is 1. The van der Waals surface area contributed by atoms with Crippen molar-refractivity contribution in [1.29, 1.82) is 0 Å². The third kappa shape index (κ3) is 3.92. The molecule has 5 nitrogen and oxygen atoms in total. The van der Waals surface area contributed by atoms with Gasteiger partial charge in [-0.15, -0.1) is 0 Å². The van der Waals surface area contributed by atoms with Gasteiger partial charge in [-0.25, -0.2) is 0 Å². The summed E-state index contributed by atoms with van der Waals surface area (Å²) >= 11 is 0. The van der Waals surface area contributed by atoms with Crippen molar-refractivity contribution in [3.63, 3.8) is 0 Å². The van der Waals surface area contributed by atoms with Crippen molar-refractivity contribution in [2.75, 3.05) is 5.32 Å². The second kappa shape index (κ2) is 7.94. The first-order valence-electron chi connectivity index (χ1n) is 9.71. The van der Waals surface area contributed by atoms with E-state index in [2.05, 4.69) is 23.0 Å². The molecule has 1 aromatic carbocycles. The van der Waals surface area contributed by atoms with Gasteiger partial charge in [-0.3, -0.25) is 9.48 Å². The Kier molecular flexibility index (Phi) is 5.64. The third-order valence-corrected chi connectivity index (χ3v) is 5.08. The van der Waals surface area contributed by atoms with E-state index in [1.54, 1.807) is 12.1 Å². The molecule has 0 bridgehead atoms. The van der Waals surface area contributed by atoms with Gasteiger partial charge in [-0.2, -0.15) is 5.10 Å². The first-order chi connectivity index (χ1) is 12.5. The van der Waals surface area contributed by atoms with Gasteiger partial charge in [-0.1, -0.05) is 33.6 Å². The van der Waals surface area contributed by atoms with Crippen LogP contribution in [-0.4, -0.2) is 20.8 Å². The molecule has 1 fully saturated rings. The summed E-state index contributed by atoms with van der Waals surface area (Å²) in [6.07, 6.45) is 6.01. The number of phenols is 1. The molecule has 0 aliphatic heterocycles. The van der Waals surface area contributed by atoms with E-state index in [1.165, 1.54) is 31.4 Å². The molecule has 0 unspecified atom stereocenters. The number of nitrogens with zero attached hydrogens (tertiary/aromatic N) is 2. The van der Waals surface area contributed by atoms with Gasteiger partial charge in [0.05, 0.1) is 5.69 Å². The van der Waals surface area contributed by atoms with Crippen LogP contribution in [0.15, 0.2) is 24.3 Å². The average molecular weight is 355 g/mol. The molecule has 5 heteroatoms. The number of amides is 1. The number of benzene rings is 1. The van der Waals surface area contributed by atoms with Crippen molar-refractivity contribution in [3.05, 3.63) is 30.0 Å². The zero-order valence-electron chi connectivity index (χ0n) is 16.0. The van der Waals surface area contributed by atoms with Crippen LogP contribution >= 0.6 is 0 Å². The maximum atomic E-state index is 12.0. The van der Waals surface area contributed by atoms with Gasteiger partial charge < -0.3 is 10.4 Å². The van der Waals surface area contributed by atoms with E-state index in [9.17, 15) is 9.90 Å². The zero-order chi connectivity index (χ0) is 18.7. The predicted molar refractivity (Wildman–Crippen MR) is 104 cm³/mol. The summed E-state index contributed by atoms with van der Waals surface area (Å²) in [6.45, 7) is 6.75. The lowest BCUT2D eigenvalue weighted by Crippen LogP contribution is -2.17. The van der Waals surface area contributed by atoms with Crippen LogP contribution in [-0.2, 0) is 11.3 Å². The maximum Gasteiger partial charge on any atom is 0.226 e. The molecule has 2 N–H and O–H groups in total. The van der Waals surface area contributed by atoms with Crippen LogP contribution < -0.4 is 5.32 Å². The van der Waals surface area contributed by atoms with Gasteiger partial charge in [0, 0.05) is 35.3 Å². The molecule has 26 heavy (non-hydrogen) atoms. The minimum absolute atomic E-state index is 0.0372. The van der Waals surface area contributed by atoms with Gasteiger partial charge in [0.25, 0.3) is 0 Å². The summed E-state index contributed by atoms with van der Waals surface area (Å²) in [6, 6.07) is 7.28. The minimum atomic E-state index is -0.0926. The van der Waals surface area contributed by atoms with Crippen LogP contribution in [0.1, 0.15) is 64.5 Å². The number of phenolic OH excluding ortho intramolecular Hbond substituents is 1. The molecule has 2 aromatic rings. The molecule has 1 aliphatic rings. The fourth-order valence-electron chi connectivity index (χ4n) is 3.61. The predicted octanol–water partition coefficient (Wildman–Crippen LogP) is 4.92. The molecule has 1 aliphatic carbocycles. The van der Waals surface area contributed by atoms with Crippen molar-refractivity contribution >= 4 is 11.6 Å². The Balaban J connectivity index is 1.94. The van der Waals surface area contributed by atoms with E-state index in [4.69, 9.17) is 5.10 Å². The van der Waals surface area contributed by atoms with E-state index in [-0.39, 0.29) is 17.6 Å². The molecule has 1 aromatic heterocycles. The first-order valence-corrected chi connectivity index (χ1v) is 9.71. The number of rotatable bonds is 6. The highest BCUT2D eigenvalue weighted by Crippen LogP contribution is 2.38. The van der Waals surface area contributed by atoms with Crippen LogP contribution in [0, 0.1) is 5.92 Å². The Hall–Kier alpha value is -2.30. The molecule has 1 amide bonds. The Bertz CT molecular complexity index is 774. The van der Waals surface area contributed by atoms with Crippen molar-refractivity contribution in [3.8, 4) is 17.0 Å². The summed E-state index contributed by atoms with van der Waals surface area (Å²) in [7, 11) is 0.